The van der Waals surface area contributed by atoms with Crippen molar-refractivity contribution in [2.24, 2.45) is 5.92 Å². The van der Waals surface area contributed by atoms with Crippen molar-refractivity contribution >= 4 is 29.7 Å². The van der Waals surface area contributed by atoms with Crippen LogP contribution in [0, 0.1) is 5.92 Å². The van der Waals surface area contributed by atoms with E-state index in [4.69, 9.17) is 5.11 Å². The highest BCUT2D eigenvalue weighted by Gasteiger charge is 2.30. The molecule has 1 saturated heterocycles. The summed E-state index contributed by atoms with van der Waals surface area (Å²) in [6.45, 7) is 5.91. The second-order valence-corrected chi connectivity index (χ2v) is 7.90. The van der Waals surface area contributed by atoms with Crippen molar-refractivity contribution in [2.75, 3.05) is 6.54 Å². The Labute approximate surface area is 175 Å². The maximum atomic E-state index is 12.6. The zero-order valence-electron chi connectivity index (χ0n) is 17.6. The summed E-state index contributed by atoms with van der Waals surface area (Å²) in [7, 11) is 0. The number of nitrogens with one attached hydrogen (secondary N) is 4. The molecule has 0 radical (unpaired) electrons. The third-order valence-corrected chi connectivity index (χ3v) is 4.73. The van der Waals surface area contributed by atoms with Crippen LogP contribution in [0.1, 0.15) is 52.9 Å². The molecule has 0 aromatic heterocycles. The third-order valence-electron chi connectivity index (χ3n) is 4.73. The van der Waals surface area contributed by atoms with E-state index in [1.54, 1.807) is 0 Å². The van der Waals surface area contributed by atoms with E-state index in [0.29, 0.717) is 6.42 Å². The molecule has 1 aliphatic rings. The van der Waals surface area contributed by atoms with E-state index in [2.05, 4.69) is 21.3 Å². The molecule has 1 fully saturated rings. The van der Waals surface area contributed by atoms with E-state index in [1.165, 1.54) is 6.92 Å². The highest BCUT2D eigenvalue weighted by Crippen LogP contribution is 2.08. The maximum Gasteiger partial charge on any atom is 0.326 e. The smallest absolute Gasteiger partial charge is 0.326 e. The van der Waals surface area contributed by atoms with E-state index in [-0.39, 0.29) is 30.7 Å². The van der Waals surface area contributed by atoms with Crippen molar-refractivity contribution in [1.29, 1.82) is 0 Å². The highest BCUT2D eigenvalue weighted by atomic mass is 16.4. The van der Waals surface area contributed by atoms with Gasteiger partial charge in [0, 0.05) is 6.42 Å². The molecule has 4 unspecified atom stereocenters. The van der Waals surface area contributed by atoms with E-state index in [1.807, 2.05) is 13.8 Å². The van der Waals surface area contributed by atoms with Crippen LogP contribution in [-0.4, -0.2) is 70.6 Å². The lowest BCUT2D eigenvalue weighted by Gasteiger charge is -2.24. The van der Waals surface area contributed by atoms with Crippen LogP contribution in [-0.2, 0) is 24.0 Å². The van der Waals surface area contributed by atoms with Gasteiger partial charge in [-0.2, -0.15) is 0 Å². The number of carboxylic acids is 2. The van der Waals surface area contributed by atoms with Crippen LogP contribution in [0.25, 0.3) is 0 Å². The first-order chi connectivity index (χ1) is 14.0. The van der Waals surface area contributed by atoms with Crippen molar-refractivity contribution in [3.63, 3.8) is 0 Å². The van der Waals surface area contributed by atoms with Gasteiger partial charge in [0.05, 0.1) is 6.04 Å². The number of carbonyl (C=O) groups excluding carboxylic acids is 3. The molecule has 6 N–H and O–H groups in total. The van der Waals surface area contributed by atoms with Crippen LogP contribution in [0.2, 0.25) is 0 Å². The molecule has 0 aliphatic carbocycles. The van der Waals surface area contributed by atoms with Gasteiger partial charge in [0.25, 0.3) is 0 Å². The van der Waals surface area contributed by atoms with Crippen LogP contribution in [0.3, 0.4) is 0 Å². The van der Waals surface area contributed by atoms with Crippen LogP contribution < -0.4 is 21.3 Å². The zero-order chi connectivity index (χ0) is 22.8. The topological polar surface area (TPSA) is 174 Å². The number of hydrogen-bond acceptors (Lipinski definition) is 6. The quantitative estimate of drug-likeness (QED) is 0.234. The second-order valence-electron chi connectivity index (χ2n) is 7.90. The predicted octanol–water partition coefficient (Wildman–Crippen LogP) is -0.792. The lowest BCUT2D eigenvalue weighted by Crippen LogP contribution is -2.56. The fourth-order valence-corrected chi connectivity index (χ4v) is 3.09. The number of amides is 3. The Balaban J connectivity index is 2.72. The summed E-state index contributed by atoms with van der Waals surface area (Å²) in [4.78, 5) is 59.3. The largest absolute Gasteiger partial charge is 0.481 e. The molecule has 0 saturated carbocycles. The van der Waals surface area contributed by atoms with E-state index in [0.717, 1.165) is 13.0 Å². The molecule has 0 aromatic carbocycles. The average molecular weight is 428 g/mol. The summed E-state index contributed by atoms with van der Waals surface area (Å²) in [5, 5.41) is 28.4. The SMILES string of the molecule is CC(C)CC(NC(=O)C(C)NC(=O)C1CCCN1)C(=O)NC(CCC(=O)O)C(=O)O. The summed E-state index contributed by atoms with van der Waals surface area (Å²) < 4.78 is 0. The van der Waals surface area contributed by atoms with Crippen LogP contribution in [0.15, 0.2) is 0 Å². The van der Waals surface area contributed by atoms with Gasteiger partial charge in [0.2, 0.25) is 17.7 Å². The van der Waals surface area contributed by atoms with Gasteiger partial charge in [-0.25, -0.2) is 4.79 Å². The van der Waals surface area contributed by atoms with E-state index >= 15 is 0 Å². The monoisotopic (exact) mass is 428 g/mol. The molecule has 1 rings (SSSR count). The highest BCUT2D eigenvalue weighted by molar-refractivity contribution is 5.94. The molecule has 0 aromatic rings. The Morgan fingerprint density at radius 3 is 2.10 bits per heavy atom. The van der Waals surface area contributed by atoms with E-state index < -0.39 is 48.3 Å². The molecule has 1 heterocycles. The molecule has 170 valence electrons. The summed E-state index contributed by atoms with van der Waals surface area (Å²) in [6, 6.07) is -3.64. The Morgan fingerprint density at radius 2 is 1.60 bits per heavy atom. The Hall–Kier alpha value is -2.69. The summed E-state index contributed by atoms with van der Waals surface area (Å²) in [6.07, 6.45) is 1.11. The van der Waals surface area contributed by atoms with Gasteiger partial charge in [-0.05, 0) is 45.1 Å². The molecule has 0 bridgehead atoms. The van der Waals surface area contributed by atoms with Crippen molar-refractivity contribution < 1.29 is 34.2 Å². The number of aliphatic carboxylic acids is 2. The number of hydrogen-bond donors (Lipinski definition) is 6. The second kappa shape index (κ2) is 12.1. The molecular weight excluding hydrogens is 396 g/mol. The molecule has 0 spiro atoms. The minimum Gasteiger partial charge on any atom is -0.481 e. The lowest BCUT2D eigenvalue weighted by molar-refractivity contribution is -0.143. The molecule has 11 heteroatoms. The molecule has 4 atom stereocenters. The fourth-order valence-electron chi connectivity index (χ4n) is 3.09. The molecular formula is C19H32N4O7. The van der Waals surface area contributed by atoms with Crippen molar-refractivity contribution in [3.8, 4) is 0 Å². The first-order valence-electron chi connectivity index (χ1n) is 10.1. The van der Waals surface area contributed by atoms with Gasteiger partial charge < -0.3 is 31.5 Å². The predicted molar refractivity (Wildman–Crippen MR) is 106 cm³/mol. The third kappa shape index (κ3) is 8.76. The van der Waals surface area contributed by atoms with Crippen LogP contribution in [0.4, 0.5) is 0 Å². The zero-order valence-corrected chi connectivity index (χ0v) is 17.6. The summed E-state index contributed by atoms with van der Waals surface area (Å²) >= 11 is 0. The van der Waals surface area contributed by atoms with Gasteiger partial charge in [-0.15, -0.1) is 0 Å². The average Bonchev–Trinajstić information content (AvgIpc) is 3.18. The Morgan fingerprint density at radius 1 is 0.967 bits per heavy atom. The fraction of sp³-hybridized carbons (Fsp3) is 0.737. The van der Waals surface area contributed by atoms with Crippen LogP contribution >= 0.6 is 0 Å². The lowest BCUT2D eigenvalue weighted by atomic mass is 10.0. The molecule has 11 nitrogen and oxygen atoms in total. The summed E-state index contributed by atoms with van der Waals surface area (Å²) in [5.74, 6) is -4.10. The molecule has 30 heavy (non-hydrogen) atoms. The van der Waals surface area contributed by atoms with Crippen LogP contribution in [0.5, 0.6) is 0 Å². The number of carboxylic acid groups (broad SMARTS) is 2. The standard InChI is InChI=1S/C19H32N4O7/c1-10(2)9-14(18(28)22-13(19(29)30)6-7-15(24)25)23-16(26)11(3)21-17(27)12-5-4-8-20-12/h10-14,20H,4-9H2,1-3H3,(H,21,27)(H,22,28)(H,23,26)(H,24,25)(H,29,30). The van der Waals surface area contributed by atoms with E-state index in [9.17, 15) is 29.1 Å². The molecule has 3 amide bonds. The summed E-state index contributed by atoms with van der Waals surface area (Å²) in [5.41, 5.74) is 0. The Bertz CT molecular complexity index is 647. The number of carbonyl (C=O) groups is 5. The maximum absolute atomic E-state index is 12.6. The minimum absolute atomic E-state index is 0.0101. The van der Waals surface area contributed by atoms with Gasteiger partial charge >= 0.3 is 11.9 Å². The first-order valence-corrected chi connectivity index (χ1v) is 10.1. The van der Waals surface area contributed by atoms with Gasteiger partial charge in [-0.3, -0.25) is 19.2 Å². The minimum atomic E-state index is -1.38. The normalized spacial score (nSPS) is 18.9. The number of rotatable bonds is 12. The van der Waals surface area contributed by atoms with Gasteiger partial charge in [0.1, 0.15) is 18.1 Å². The van der Waals surface area contributed by atoms with Crippen molar-refractivity contribution in [1.82, 2.24) is 21.3 Å². The first kappa shape index (κ1) is 25.3. The van der Waals surface area contributed by atoms with Crippen molar-refractivity contribution in [3.05, 3.63) is 0 Å². The van der Waals surface area contributed by atoms with Gasteiger partial charge in [0.15, 0.2) is 0 Å². The van der Waals surface area contributed by atoms with Gasteiger partial charge in [-0.1, -0.05) is 13.8 Å². The molecule has 1 aliphatic heterocycles. The van der Waals surface area contributed by atoms with Crippen molar-refractivity contribution in [2.45, 2.75) is 77.0 Å². The Kier molecular flexibility index (Phi) is 10.2.